The van der Waals surface area contributed by atoms with E-state index in [0.717, 1.165) is 0 Å². The molecule has 2 N–H and O–H groups in total. The Morgan fingerprint density at radius 1 is 1.13 bits per heavy atom. The summed E-state index contributed by atoms with van der Waals surface area (Å²) in [5.74, 6) is -0.743. The van der Waals surface area contributed by atoms with Crippen LogP contribution in [0.15, 0.2) is 8.96 Å². The van der Waals surface area contributed by atoms with E-state index in [-0.39, 0.29) is 6.10 Å². The molecule has 15 heavy (non-hydrogen) atoms. The van der Waals surface area contributed by atoms with Crippen molar-refractivity contribution >= 4 is 31.9 Å². The molecule has 0 bridgehead atoms. The topological polar surface area (TPSA) is 58.9 Å². The largest absolute Gasteiger partial charge is 0.387 e. The van der Waals surface area contributed by atoms with Crippen LogP contribution < -0.4 is 0 Å². The van der Waals surface area contributed by atoms with E-state index in [1.54, 1.807) is 13.8 Å². The molecule has 0 aromatic rings. The third-order valence-corrected chi connectivity index (χ3v) is 4.83. The van der Waals surface area contributed by atoms with E-state index in [1.165, 1.54) is 0 Å². The van der Waals surface area contributed by atoms with Gasteiger partial charge in [0.15, 0.2) is 5.79 Å². The van der Waals surface area contributed by atoms with Gasteiger partial charge in [0, 0.05) is 8.96 Å². The summed E-state index contributed by atoms with van der Waals surface area (Å²) in [6, 6.07) is 0. The summed E-state index contributed by atoms with van der Waals surface area (Å²) in [6.45, 7) is 3.55. The molecule has 0 aromatic carbocycles. The maximum absolute atomic E-state index is 9.83. The number of halogens is 2. The maximum Gasteiger partial charge on any atom is 0.164 e. The van der Waals surface area contributed by atoms with Gasteiger partial charge in [0.2, 0.25) is 0 Å². The molecule has 86 valence electrons. The van der Waals surface area contributed by atoms with E-state index in [1.807, 2.05) is 0 Å². The van der Waals surface area contributed by atoms with Crippen LogP contribution in [0.5, 0.6) is 0 Å². The predicted molar refractivity (Wildman–Crippen MR) is 60.7 cm³/mol. The van der Waals surface area contributed by atoms with E-state index in [9.17, 15) is 10.2 Å². The number of aliphatic hydroxyl groups is 2. The van der Waals surface area contributed by atoms with Gasteiger partial charge in [0.25, 0.3) is 0 Å². The first kappa shape index (κ1) is 12.0. The third-order valence-electron chi connectivity index (χ3n) is 2.53. The molecule has 0 spiro atoms. The van der Waals surface area contributed by atoms with Gasteiger partial charge in [-0.15, -0.1) is 0 Å². The number of ether oxygens (including phenoxy) is 2. The summed E-state index contributed by atoms with van der Waals surface area (Å²) in [5.41, 5.74) is 0. The van der Waals surface area contributed by atoms with E-state index in [4.69, 9.17) is 9.47 Å². The van der Waals surface area contributed by atoms with Crippen LogP contribution in [0.2, 0.25) is 0 Å². The average Bonchev–Trinajstić information content (AvgIpc) is 2.48. The molecule has 4 nitrogen and oxygen atoms in total. The Bertz CT molecular complexity index is 315. The van der Waals surface area contributed by atoms with Crippen LogP contribution in [-0.2, 0) is 9.47 Å². The molecular formula is C9H12Br2O4. The van der Waals surface area contributed by atoms with Crippen LogP contribution in [0.25, 0.3) is 0 Å². The SMILES string of the molecule is CC1(C)O[C@H]2[C@H](O)[C@H](O)C(Br)=C(Br)[C@H]2O1. The van der Waals surface area contributed by atoms with Crippen molar-refractivity contribution in [2.24, 2.45) is 0 Å². The second-order valence-corrected chi connectivity index (χ2v) is 5.86. The van der Waals surface area contributed by atoms with Gasteiger partial charge < -0.3 is 19.7 Å². The van der Waals surface area contributed by atoms with Crippen molar-refractivity contribution in [2.45, 2.75) is 44.1 Å². The highest BCUT2D eigenvalue weighted by atomic mass is 79.9. The fraction of sp³-hybridized carbons (Fsp3) is 0.778. The second-order valence-electron chi connectivity index (χ2n) is 4.15. The molecule has 0 saturated carbocycles. The van der Waals surface area contributed by atoms with Crippen LogP contribution in [0.1, 0.15) is 13.8 Å². The molecule has 1 aliphatic heterocycles. The van der Waals surface area contributed by atoms with Gasteiger partial charge in [-0.25, -0.2) is 0 Å². The summed E-state index contributed by atoms with van der Waals surface area (Å²) in [5, 5.41) is 19.5. The average molecular weight is 344 g/mol. The summed E-state index contributed by atoms with van der Waals surface area (Å²) < 4.78 is 12.4. The van der Waals surface area contributed by atoms with Crippen molar-refractivity contribution in [3.05, 3.63) is 8.96 Å². The Morgan fingerprint density at radius 3 is 2.33 bits per heavy atom. The Morgan fingerprint density at radius 2 is 1.73 bits per heavy atom. The molecule has 1 saturated heterocycles. The lowest BCUT2D eigenvalue weighted by molar-refractivity contribution is -0.158. The first-order valence-electron chi connectivity index (χ1n) is 4.60. The van der Waals surface area contributed by atoms with Crippen molar-refractivity contribution in [3.8, 4) is 0 Å². The summed E-state index contributed by atoms with van der Waals surface area (Å²) in [7, 11) is 0. The van der Waals surface area contributed by atoms with Crippen molar-refractivity contribution < 1.29 is 19.7 Å². The van der Waals surface area contributed by atoms with Gasteiger partial charge in [-0.2, -0.15) is 0 Å². The molecule has 1 heterocycles. The van der Waals surface area contributed by atoms with Gasteiger partial charge in [-0.05, 0) is 13.8 Å². The predicted octanol–water partition coefficient (Wildman–Crippen LogP) is 1.24. The Balaban J connectivity index is 2.36. The molecule has 0 radical (unpaired) electrons. The van der Waals surface area contributed by atoms with Crippen LogP contribution in [0.3, 0.4) is 0 Å². The first-order chi connectivity index (χ1) is 6.83. The van der Waals surface area contributed by atoms with Crippen LogP contribution >= 0.6 is 31.9 Å². The van der Waals surface area contributed by atoms with Gasteiger partial charge in [0.1, 0.15) is 24.4 Å². The Labute approximate surface area is 105 Å². The molecule has 2 aliphatic rings. The smallest absolute Gasteiger partial charge is 0.164 e. The standard InChI is InChI=1S/C9H12Br2O4/c1-9(2)14-7-4(11)3(10)5(12)6(13)8(7)15-9/h5-8,12-13H,1-2H3/t5-,6-,7-,8+/m1/s1. The molecular weight excluding hydrogens is 332 g/mol. The number of hydrogen-bond acceptors (Lipinski definition) is 4. The van der Waals surface area contributed by atoms with E-state index in [0.29, 0.717) is 8.96 Å². The second kappa shape index (κ2) is 3.78. The summed E-state index contributed by atoms with van der Waals surface area (Å²) in [4.78, 5) is 0. The van der Waals surface area contributed by atoms with Gasteiger partial charge in [-0.1, -0.05) is 31.9 Å². The Kier molecular flexibility index (Phi) is 3.03. The molecule has 2 rings (SSSR count). The molecule has 0 unspecified atom stereocenters. The first-order valence-corrected chi connectivity index (χ1v) is 6.19. The number of aliphatic hydroxyl groups excluding tert-OH is 2. The molecule has 4 atom stereocenters. The minimum Gasteiger partial charge on any atom is -0.387 e. The van der Waals surface area contributed by atoms with E-state index >= 15 is 0 Å². The normalized spacial score (nSPS) is 44.4. The molecule has 6 heteroatoms. The maximum atomic E-state index is 9.83. The van der Waals surface area contributed by atoms with Crippen molar-refractivity contribution in [1.82, 2.24) is 0 Å². The number of rotatable bonds is 0. The highest BCUT2D eigenvalue weighted by Gasteiger charge is 2.52. The lowest BCUT2D eigenvalue weighted by atomic mass is 9.96. The molecule has 1 aliphatic carbocycles. The van der Waals surface area contributed by atoms with Gasteiger partial charge in [0.05, 0.1) is 0 Å². The van der Waals surface area contributed by atoms with E-state index < -0.39 is 24.1 Å². The lowest BCUT2D eigenvalue weighted by Gasteiger charge is -2.31. The minimum atomic E-state index is -0.979. The fourth-order valence-electron chi connectivity index (χ4n) is 1.84. The monoisotopic (exact) mass is 342 g/mol. The number of fused-ring (bicyclic) bond motifs is 1. The third kappa shape index (κ3) is 1.92. The highest BCUT2D eigenvalue weighted by molar-refractivity contribution is 9.14. The Hall–Kier alpha value is 0.540. The van der Waals surface area contributed by atoms with Crippen molar-refractivity contribution in [2.75, 3.05) is 0 Å². The quantitative estimate of drug-likeness (QED) is 0.695. The van der Waals surface area contributed by atoms with Crippen LogP contribution in [0, 0.1) is 0 Å². The van der Waals surface area contributed by atoms with Crippen LogP contribution in [-0.4, -0.2) is 40.4 Å². The lowest BCUT2D eigenvalue weighted by Crippen LogP contribution is -2.47. The van der Waals surface area contributed by atoms with E-state index in [2.05, 4.69) is 31.9 Å². The number of hydrogen-bond donors (Lipinski definition) is 2. The molecule has 0 amide bonds. The fourth-order valence-corrected chi connectivity index (χ4v) is 2.93. The molecule has 0 aromatic heterocycles. The van der Waals surface area contributed by atoms with Crippen molar-refractivity contribution in [1.29, 1.82) is 0 Å². The molecule has 1 fully saturated rings. The van der Waals surface area contributed by atoms with Gasteiger partial charge in [-0.3, -0.25) is 0 Å². The van der Waals surface area contributed by atoms with Gasteiger partial charge >= 0.3 is 0 Å². The zero-order valence-corrected chi connectivity index (χ0v) is 11.4. The highest BCUT2D eigenvalue weighted by Crippen LogP contribution is 2.43. The van der Waals surface area contributed by atoms with Crippen molar-refractivity contribution in [3.63, 3.8) is 0 Å². The summed E-state index contributed by atoms with van der Waals surface area (Å²) >= 11 is 6.56. The van der Waals surface area contributed by atoms with Crippen LogP contribution in [0.4, 0.5) is 0 Å². The minimum absolute atomic E-state index is 0.368. The zero-order valence-electron chi connectivity index (χ0n) is 8.28. The zero-order chi connectivity index (χ0) is 11.4. The summed E-state index contributed by atoms with van der Waals surface area (Å²) in [6.07, 6.45) is -2.86.